The molecule has 18 heavy (non-hydrogen) atoms. The Morgan fingerprint density at radius 2 is 1.83 bits per heavy atom. The lowest BCUT2D eigenvalue weighted by Gasteiger charge is -2.19. The van der Waals surface area contributed by atoms with Crippen LogP contribution in [0.25, 0.3) is 0 Å². The summed E-state index contributed by atoms with van der Waals surface area (Å²) in [5.41, 5.74) is 8.01. The van der Waals surface area contributed by atoms with E-state index in [0.29, 0.717) is 17.8 Å². The maximum absolute atomic E-state index is 13.1. The topological polar surface area (TPSA) is 29.3 Å². The van der Waals surface area contributed by atoms with E-state index in [-0.39, 0.29) is 0 Å². The maximum atomic E-state index is 13.1. The van der Waals surface area contributed by atoms with Gasteiger partial charge in [0.25, 0.3) is 0 Å². The van der Waals surface area contributed by atoms with Crippen LogP contribution in [0.1, 0.15) is 5.56 Å². The van der Waals surface area contributed by atoms with Crippen LogP contribution in [0.3, 0.4) is 0 Å². The summed E-state index contributed by atoms with van der Waals surface area (Å²) in [5, 5.41) is 0. The Kier molecular flexibility index (Phi) is 3.46. The quantitative estimate of drug-likeness (QED) is 0.845. The molecule has 0 amide bonds. The number of hydrogen-bond donors (Lipinski definition) is 1. The van der Waals surface area contributed by atoms with Crippen molar-refractivity contribution in [1.82, 2.24) is 0 Å². The summed E-state index contributed by atoms with van der Waals surface area (Å²) in [5.74, 6) is -1.65. The van der Waals surface area contributed by atoms with Crippen molar-refractivity contribution in [3.05, 3.63) is 59.7 Å². The molecule has 2 rings (SSSR count). The Morgan fingerprint density at radius 3 is 2.50 bits per heavy atom. The number of benzene rings is 2. The predicted octanol–water partition coefficient (Wildman–Crippen LogP) is 3.18. The largest absolute Gasteiger partial charge is 0.399 e. The van der Waals surface area contributed by atoms with E-state index in [0.717, 1.165) is 11.8 Å². The van der Waals surface area contributed by atoms with Crippen LogP contribution in [0.4, 0.5) is 20.2 Å². The maximum Gasteiger partial charge on any atom is 0.159 e. The Bertz CT molecular complexity index is 555. The number of hydrogen-bond acceptors (Lipinski definition) is 2. The molecule has 2 aromatic carbocycles. The fourth-order valence-corrected chi connectivity index (χ4v) is 1.77. The Balaban J connectivity index is 2.16. The molecule has 0 fully saturated rings. The summed E-state index contributed by atoms with van der Waals surface area (Å²) in [7, 11) is 1.87. The van der Waals surface area contributed by atoms with E-state index in [9.17, 15) is 8.78 Å². The monoisotopic (exact) mass is 248 g/mol. The zero-order valence-corrected chi connectivity index (χ0v) is 10.0. The second-order valence-corrected chi connectivity index (χ2v) is 4.20. The highest BCUT2D eigenvalue weighted by atomic mass is 19.2. The average molecular weight is 248 g/mol. The van der Waals surface area contributed by atoms with Gasteiger partial charge in [0.2, 0.25) is 0 Å². The van der Waals surface area contributed by atoms with Gasteiger partial charge in [-0.05, 0) is 35.9 Å². The van der Waals surface area contributed by atoms with Crippen molar-refractivity contribution < 1.29 is 8.78 Å². The molecule has 0 bridgehead atoms. The first-order valence-electron chi connectivity index (χ1n) is 5.57. The number of halogens is 2. The van der Waals surface area contributed by atoms with E-state index in [1.807, 2.05) is 30.1 Å². The van der Waals surface area contributed by atoms with Gasteiger partial charge in [0, 0.05) is 25.0 Å². The SMILES string of the molecule is CN(Cc1ccc(F)c(F)c1)c1cccc(N)c1. The Hall–Kier alpha value is -2.10. The molecular formula is C14H14F2N2. The molecular weight excluding hydrogens is 234 g/mol. The van der Waals surface area contributed by atoms with Crippen LogP contribution in [0.15, 0.2) is 42.5 Å². The van der Waals surface area contributed by atoms with Gasteiger partial charge in [-0.15, -0.1) is 0 Å². The van der Waals surface area contributed by atoms with Crippen molar-refractivity contribution in [2.45, 2.75) is 6.54 Å². The van der Waals surface area contributed by atoms with Crippen molar-refractivity contribution >= 4 is 11.4 Å². The molecule has 2 aromatic rings. The lowest BCUT2D eigenvalue weighted by atomic mass is 10.2. The zero-order valence-electron chi connectivity index (χ0n) is 10.0. The summed E-state index contributed by atoms with van der Waals surface area (Å²) < 4.78 is 25.9. The average Bonchev–Trinajstić information content (AvgIpc) is 2.34. The van der Waals surface area contributed by atoms with Crippen LogP contribution in [0.5, 0.6) is 0 Å². The van der Waals surface area contributed by atoms with Gasteiger partial charge in [-0.3, -0.25) is 0 Å². The summed E-state index contributed by atoms with van der Waals surface area (Å²) >= 11 is 0. The fraction of sp³-hybridized carbons (Fsp3) is 0.143. The molecule has 0 spiro atoms. The normalized spacial score (nSPS) is 10.4. The first kappa shape index (κ1) is 12.4. The van der Waals surface area contributed by atoms with Crippen molar-refractivity contribution in [2.24, 2.45) is 0 Å². The molecule has 0 aliphatic carbocycles. The highest BCUT2D eigenvalue weighted by molar-refractivity contribution is 5.55. The second-order valence-electron chi connectivity index (χ2n) is 4.20. The lowest BCUT2D eigenvalue weighted by Crippen LogP contribution is -2.16. The van der Waals surface area contributed by atoms with E-state index in [1.54, 1.807) is 12.1 Å². The number of rotatable bonds is 3. The van der Waals surface area contributed by atoms with Gasteiger partial charge in [-0.1, -0.05) is 12.1 Å². The van der Waals surface area contributed by atoms with Crippen molar-refractivity contribution in [3.63, 3.8) is 0 Å². The van der Waals surface area contributed by atoms with Gasteiger partial charge in [-0.2, -0.15) is 0 Å². The molecule has 0 atom stereocenters. The third-order valence-corrected chi connectivity index (χ3v) is 2.71. The van der Waals surface area contributed by atoms with Gasteiger partial charge < -0.3 is 10.6 Å². The minimum absolute atomic E-state index is 0.487. The zero-order chi connectivity index (χ0) is 13.1. The number of nitrogen functional groups attached to an aromatic ring is 1. The molecule has 0 saturated heterocycles. The van der Waals surface area contributed by atoms with Crippen LogP contribution in [0.2, 0.25) is 0 Å². The molecule has 0 radical (unpaired) electrons. The molecule has 4 heteroatoms. The van der Waals surface area contributed by atoms with Gasteiger partial charge in [0.1, 0.15) is 0 Å². The van der Waals surface area contributed by atoms with Crippen molar-refractivity contribution in [3.8, 4) is 0 Å². The molecule has 0 aromatic heterocycles. The molecule has 0 heterocycles. The van der Waals surface area contributed by atoms with Crippen molar-refractivity contribution in [2.75, 3.05) is 17.7 Å². The first-order valence-corrected chi connectivity index (χ1v) is 5.57. The smallest absolute Gasteiger partial charge is 0.159 e. The Labute approximate surface area is 105 Å². The standard InChI is InChI=1S/C14H14F2N2/c1-18(12-4-2-3-11(17)8-12)9-10-5-6-13(15)14(16)7-10/h2-8H,9,17H2,1H3. The van der Waals surface area contributed by atoms with Gasteiger partial charge >= 0.3 is 0 Å². The first-order chi connectivity index (χ1) is 8.56. The van der Waals surface area contributed by atoms with Gasteiger partial charge in [0.15, 0.2) is 11.6 Å². The fourth-order valence-electron chi connectivity index (χ4n) is 1.77. The van der Waals surface area contributed by atoms with E-state index in [4.69, 9.17) is 5.73 Å². The number of nitrogens with two attached hydrogens (primary N) is 1. The van der Waals surface area contributed by atoms with Crippen molar-refractivity contribution in [1.29, 1.82) is 0 Å². The highest BCUT2D eigenvalue weighted by Gasteiger charge is 2.06. The molecule has 0 unspecified atom stereocenters. The van der Waals surface area contributed by atoms with Gasteiger partial charge in [0.05, 0.1) is 0 Å². The van der Waals surface area contributed by atoms with Crippen LogP contribution >= 0.6 is 0 Å². The second kappa shape index (κ2) is 5.04. The Morgan fingerprint density at radius 1 is 1.06 bits per heavy atom. The van der Waals surface area contributed by atoms with Crippen LogP contribution < -0.4 is 10.6 Å². The van der Waals surface area contributed by atoms with E-state index in [1.165, 1.54) is 6.07 Å². The highest BCUT2D eigenvalue weighted by Crippen LogP contribution is 2.19. The molecule has 2 nitrogen and oxygen atoms in total. The minimum atomic E-state index is -0.828. The summed E-state index contributed by atoms with van der Waals surface area (Å²) in [6.45, 7) is 0.487. The summed E-state index contributed by atoms with van der Waals surface area (Å²) in [6, 6.07) is 11.3. The molecule has 0 aliphatic heterocycles. The van der Waals surface area contributed by atoms with E-state index in [2.05, 4.69) is 0 Å². The van der Waals surface area contributed by atoms with Crippen LogP contribution in [-0.4, -0.2) is 7.05 Å². The number of nitrogens with zero attached hydrogens (tertiary/aromatic N) is 1. The van der Waals surface area contributed by atoms with Crippen LogP contribution in [-0.2, 0) is 6.54 Å². The van der Waals surface area contributed by atoms with E-state index >= 15 is 0 Å². The lowest BCUT2D eigenvalue weighted by molar-refractivity contribution is 0.507. The molecule has 0 saturated carbocycles. The van der Waals surface area contributed by atoms with Gasteiger partial charge in [-0.25, -0.2) is 8.78 Å². The summed E-state index contributed by atoms with van der Waals surface area (Å²) in [6.07, 6.45) is 0. The summed E-state index contributed by atoms with van der Waals surface area (Å²) in [4.78, 5) is 1.92. The third kappa shape index (κ3) is 2.77. The number of anilines is 2. The minimum Gasteiger partial charge on any atom is -0.399 e. The molecule has 2 N–H and O–H groups in total. The third-order valence-electron chi connectivity index (χ3n) is 2.71. The predicted molar refractivity (Wildman–Crippen MR) is 69.3 cm³/mol. The molecule has 0 aliphatic rings. The molecule has 94 valence electrons. The van der Waals surface area contributed by atoms with E-state index < -0.39 is 11.6 Å². The van der Waals surface area contributed by atoms with Crippen LogP contribution in [0, 0.1) is 11.6 Å².